The molecule has 2 atom stereocenters. The Morgan fingerprint density at radius 2 is 2.14 bits per heavy atom. The van der Waals surface area contributed by atoms with Crippen LogP contribution >= 0.6 is 0 Å². The van der Waals surface area contributed by atoms with Gasteiger partial charge in [0.15, 0.2) is 6.29 Å². The van der Waals surface area contributed by atoms with Crippen molar-refractivity contribution in [2.24, 2.45) is 5.92 Å². The lowest BCUT2D eigenvalue weighted by Crippen LogP contribution is -2.46. The van der Waals surface area contributed by atoms with E-state index >= 15 is 0 Å². The Morgan fingerprint density at radius 3 is 2.64 bits per heavy atom. The van der Waals surface area contributed by atoms with Gasteiger partial charge in [0.2, 0.25) is 0 Å². The van der Waals surface area contributed by atoms with E-state index in [2.05, 4.69) is 24.6 Å². The van der Waals surface area contributed by atoms with E-state index in [0.717, 1.165) is 19.4 Å². The molecule has 0 bridgehead atoms. The van der Waals surface area contributed by atoms with Crippen molar-refractivity contribution in [3.05, 3.63) is 0 Å². The zero-order valence-electron chi connectivity index (χ0n) is 9.38. The third kappa shape index (κ3) is 3.92. The molecule has 1 aliphatic heterocycles. The van der Waals surface area contributed by atoms with Gasteiger partial charge >= 0.3 is 0 Å². The molecule has 2 unspecified atom stereocenters. The van der Waals surface area contributed by atoms with Gasteiger partial charge in [0.1, 0.15) is 0 Å². The maximum absolute atomic E-state index is 5.46. The fraction of sp³-hybridized carbons (Fsp3) is 1.00. The predicted molar refractivity (Wildman–Crippen MR) is 55.5 cm³/mol. The van der Waals surface area contributed by atoms with Crippen molar-refractivity contribution in [2.75, 3.05) is 13.7 Å². The lowest BCUT2D eigenvalue weighted by molar-refractivity contribution is -0.207. The van der Waals surface area contributed by atoms with E-state index in [4.69, 9.17) is 9.57 Å². The first-order valence-corrected chi connectivity index (χ1v) is 5.44. The highest BCUT2D eigenvalue weighted by Crippen LogP contribution is 2.12. The van der Waals surface area contributed by atoms with Crippen molar-refractivity contribution in [3.63, 3.8) is 0 Å². The van der Waals surface area contributed by atoms with Crippen LogP contribution in [0.1, 0.15) is 33.1 Å². The predicted octanol–water partition coefficient (Wildman–Crippen LogP) is 1.24. The summed E-state index contributed by atoms with van der Waals surface area (Å²) in [5.41, 5.74) is 3.00. The number of nitrogens with one attached hydrogen (secondary N) is 2. The summed E-state index contributed by atoms with van der Waals surface area (Å²) in [5.74, 6) is 0.489. The maximum atomic E-state index is 5.46. The molecule has 1 fully saturated rings. The van der Waals surface area contributed by atoms with Crippen molar-refractivity contribution in [3.8, 4) is 0 Å². The molecule has 0 spiro atoms. The second-order valence-electron chi connectivity index (χ2n) is 4.04. The Hall–Kier alpha value is -0.160. The quantitative estimate of drug-likeness (QED) is 0.520. The van der Waals surface area contributed by atoms with Crippen molar-refractivity contribution in [1.82, 2.24) is 10.8 Å². The molecule has 4 heteroatoms. The van der Waals surface area contributed by atoms with Crippen molar-refractivity contribution in [2.45, 2.75) is 45.6 Å². The van der Waals surface area contributed by atoms with Crippen LogP contribution in [0.4, 0.5) is 0 Å². The second-order valence-corrected chi connectivity index (χ2v) is 4.04. The van der Waals surface area contributed by atoms with Gasteiger partial charge in [-0.15, -0.1) is 0 Å². The largest absolute Gasteiger partial charge is 0.351 e. The van der Waals surface area contributed by atoms with E-state index in [9.17, 15) is 0 Å². The molecule has 4 nitrogen and oxygen atoms in total. The molecule has 0 radical (unpaired) electrons. The first kappa shape index (κ1) is 11.9. The maximum Gasteiger partial charge on any atom is 0.177 e. The molecule has 0 aliphatic carbocycles. The molecule has 1 heterocycles. The molecular formula is C10H22N2O2. The minimum atomic E-state index is -0.0710. The summed E-state index contributed by atoms with van der Waals surface area (Å²) in [7, 11) is 1.92. The molecule has 0 aromatic rings. The van der Waals surface area contributed by atoms with Gasteiger partial charge in [-0.25, -0.2) is 0 Å². The van der Waals surface area contributed by atoms with Gasteiger partial charge in [0.25, 0.3) is 0 Å². The van der Waals surface area contributed by atoms with Crippen LogP contribution in [0.25, 0.3) is 0 Å². The number of hydrogen-bond donors (Lipinski definition) is 2. The number of rotatable bonds is 5. The standard InChI is InChI=1S/C10H22N2O2/c1-8(2)10(11-3)12-14-9-6-4-5-7-13-9/h8-12H,4-7H2,1-3H3. The third-order valence-electron chi connectivity index (χ3n) is 2.44. The summed E-state index contributed by atoms with van der Waals surface area (Å²) < 4.78 is 5.44. The molecule has 84 valence electrons. The van der Waals surface area contributed by atoms with Crippen LogP contribution in [0.2, 0.25) is 0 Å². The second kappa shape index (κ2) is 6.35. The monoisotopic (exact) mass is 202 g/mol. The molecule has 14 heavy (non-hydrogen) atoms. The highest BCUT2D eigenvalue weighted by atomic mass is 16.8. The van der Waals surface area contributed by atoms with Gasteiger partial charge in [-0.2, -0.15) is 5.48 Å². The smallest absolute Gasteiger partial charge is 0.177 e. The van der Waals surface area contributed by atoms with E-state index in [1.807, 2.05) is 7.05 Å². The number of ether oxygens (including phenoxy) is 1. The number of hydroxylamine groups is 1. The molecule has 2 N–H and O–H groups in total. The van der Waals surface area contributed by atoms with Crippen LogP contribution in [-0.4, -0.2) is 26.1 Å². The average Bonchev–Trinajstić information content (AvgIpc) is 2.20. The van der Waals surface area contributed by atoms with Gasteiger partial charge in [0, 0.05) is 13.0 Å². The normalized spacial score (nSPS) is 25.3. The van der Waals surface area contributed by atoms with E-state index in [-0.39, 0.29) is 12.5 Å². The fourth-order valence-electron chi connectivity index (χ4n) is 1.48. The third-order valence-corrected chi connectivity index (χ3v) is 2.44. The molecule has 1 saturated heterocycles. The summed E-state index contributed by atoms with van der Waals surface area (Å²) in [6.07, 6.45) is 3.44. The van der Waals surface area contributed by atoms with E-state index in [1.165, 1.54) is 6.42 Å². The van der Waals surface area contributed by atoms with E-state index in [0.29, 0.717) is 5.92 Å². The Morgan fingerprint density at radius 1 is 1.36 bits per heavy atom. The summed E-state index contributed by atoms with van der Waals surface area (Å²) in [5, 5.41) is 3.15. The first-order valence-electron chi connectivity index (χ1n) is 5.44. The Labute approximate surface area is 86.3 Å². The lowest BCUT2D eigenvalue weighted by Gasteiger charge is -2.27. The molecule has 0 amide bonds. The number of hydrogen-bond acceptors (Lipinski definition) is 4. The van der Waals surface area contributed by atoms with Crippen LogP contribution in [-0.2, 0) is 9.57 Å². The summed E-state index contributed by atoms with van der Waals surface area (Å²) in [4.78, 5) is 5.46. The SMILES string of the molecule is CNC(NOC1CCCCO1)C(C)C. The fourth-order valence-corrected chi connectivity index (χ4v) is 1.48. The summed E-state index contributed by atoms with van der Waals surface area (Å²) in [6, 6.07) is 0. The average molecular weight is 202 g/mol. The van der Waals surface area contributed by atoms with Crippen LogP contribution in [0, 0.1) is 5.92 Å². The van der Waals surface area contributed by atoms with Gasteiger partial charge < -0.3 is 10.1 Å². The minimum absolute atomic E-state index is 0.0710. The molecule has 0 aromatic carbocycles. The highest BCUT2D eigenvalue weighted by Gasteiger charge is 2.17. The van der Waals surface area contributed by atoms with Crippen LogP contribution in [0.3, 0.4) is 0 Å². The van der Waals surface area contributed by atoms with E-state index in [1.54, 1.807) is 0 Å². The van der Waals surface area contributed by atoms with Crippen LogP contribution in [0.15, 0.2) is 0 Å². The highest BCUT2D eigenvalue weighted by molar-refractivity contribution is 4.61. The van der Waals surface area contributed by atoms with Gasteiger partial charge in [-0.05, 0) is 25.8 Å². The Bertz CT molecular complexity index is 147. The van der Waals surface area contributed by atoms with Crippen LogP contribution in [0.5, 0.6) is 0 Å². The van der Waals surface area contributed by atoms with Crippen molar-refractivity contribution in [1.29, 1.82) is 0 Å². The van der Waals surface area contributed by atoms with E-state index < -0.39 is 0 Å². The molecule has 1 rings (SSSR count). The zero-order chi connectivity index (χ0) is 10.4. The summed E-state index contributed by atoms with van der Waals surface area (Å²) in [6.45, 7) is 5.09. The van der Waals surface area contributed by atoms with Crippen LogP contribution < -0.4 is 10.8 Å². The summed E-state index contributed by atoms with van der Waals surface area (Å²) >= 11 is 0. The zero-order valence-corrected chi connectivity index (χ0v) is 9.38. The van der Waals surface area contributed by atoms with Gasteiger partial charge in [0.05, 0.1) is 6.17 Å². The topological polar surface area (TPSA) is 42.5 Å². The Balaban J connectivity index is 2.16. The molecule has 0 saturated carbocycles. The molecule has 0 aromatic heterocycles. The molecule has 1 aliphatic rings. The lowest BCUT2D eigenvalue weighted by atomic mass is 10.2. The van der Waals surface area contributed by atoms with Crippen molar-refractivity contribution < 1.29 is 9.57 Å². The van der Waals surface area contributed by atoms with Crippen molar-refractivity contribution >= 4 is 0 Å². The van der Waals surface area contributed by atoms with Gasteiger partial charge in [-0.1, -0.05) is 13.8 Å². The molecular weight excluding hydrogens is 180 g/mol. The van der Waals surface area contributed by atoms with Gasteiger partial charge in [-0.3, -0.25) is 4.84 Å². The first-order chi connectivity index (χ1) is 6.74. The Kier molecular flexibility index (Phi) is 5.40. The minimum Gasteiger partial charge on any atom is -0.351 e.